The molecule has 2 aromatic carbocycles. The van der Waals surface area contributed by atoms with Crippen molar-refractivity contribution in [1.29, 1.82) is 0 Å². The van der Waals surface area contributed by atoms with Crippen molar-refractivity contribution in [2.75, 3.05) is 5.75 Å². The highest BCUT2D eigenvalue weighted by Crippen LogP contribution is 2.35. The van der Waals surface area contributed by atoms with Crippen LogP contribution in [0.25, 0.3) is 11.4 Å². The van der Waals surface area contributed by atoms with Crippen LogP contribution < -0.4 is 5.32 Å². The first-order valence-electron chi connectivity index (χ1n) is 7.80. The molecule has 1 unspecified atom stereocenters. The van der Waals surface area contributed by atoms with E-state index in [0.717, 1.165) is 17.9 Å². The lowest BCUT2D eigenvalue weighted by molar-refractivity contribution is 0.510. The first-order chi connectivity index (χ1) is 11.4. The maximum absolute atomic E-state index is 4.22. The van der Waals surface area contributed by atoms with Gasteiger partial charge < -0.3 is 5.32 Å². The van der Waals surface area contributed by atoms with Gasteiger partial charge in [0, 0.05) is 23.0 Å². The van der Waals surface area contributed by atoms with Crippen LogP contribution in [-0.2, 0) is 6.54 Å². The molecule has 2 N–H and O–H groups in total. The molecule has 4 rings (SSSR count). The molecular formula is C18H18N4S. The average molecular weight is 322 g/mol. The minimum Gasteiger partial charge on any atom is -0.306 e. The molecule has 1 atom stereocenters. The number of nitrogens with one attached hydrogen (secondary N) is 2. The molecule has 1 aliphatic heterocycles. The molecule has 5 heteroatoms. The third-order valence-electron chi connectivity index (χ3n) is 4.13. The summed E-state index contributed by atoms with van der Waals surface area (Å²) < 4.78 is 0. The molecule has 1 aromatic heterocycles. The molecule has 0 fully saturated rings. The molecule has 2 heterocycles. The van der Waals surface area contributed by atoms with Gasteiger partial charge in [0.1, 0.15) is 6.33 Å². The Kier molecular flexibility index (Phi) is 4.13. The van der Waals surface area contributed by atoms with Crippen molar-refractivity contribution in [3.05, 3.63) is 66.0 Å². The lowest BCUT2D eigenvalue weighted by atomic mass is 10.0. The van der Waals surface area contributed by atoms with E-state index in [0.29, 0.717) is 6.04 Å². The number of fused-ring (bicyclic) bond motifs is 1. The fourth-order valence-electron chi connectivity index (χ4n) is 2.97. The van der Waals surface area contributed by atoms with Crippen LogP contribution in [0.4, 0.5) is 0 Å². The van der Waals surface area contributed by atoms with Crippen LogP contribution in [-0.4, -0.2) is 20.9 Å². The topological polar surface area (TPSA) is 53.6 Å². The van der Waals surface area contributed by atoms with E-state index in [1.807, 2.05) is 11.8 Å². The lowest BCUT2D eigenvalue weighted by Gasteiger charge is -2.26. The van der Waals surface area contributed by atoms with Crippen molar-refractivity contribution in [2.24, 2.45) is 0 Å². The fourth-order valence-corrected chi connectivity index (χ4v) is 4.09. The van der Waals surface area contributed by atoms with E-state index in [4.69, 9.17) is 0 Å². The highest BCUT2D eigenvalue weighted by atomic mass is 32.2. The van der Waals surface area contributed by atoms with Gasteiger partial charge in [-0.15, -0.1) is 11.8 Å². The molecule has 0 amide bonds. The average Bonchev–Trinajstić information content (AvgIpc) is 3.15. The van der Waals surface area contributed by atoms with Gasteiger partial charge in [-0.1, -0.05) is 36.4 Å². The van der Waals surface area contributed by atoms with Crippen LogP contribution >= 0.6 is 11.8 Å². The van der Waals surface area contributed by atoms with Crippen molar-refractivity contribution >= 4 is 11.8 Å². The number of thioether (sulfide) groups is 1. The fraction of sp³-hybridized carbons (Fsp3) is 0.222. The number of rotatable bonds is 4. The van der Waals surface area contributed by atoms with E-state index >= 15 is 0 Å². The second kappa shape index (κ2) is 6.56. The second-order valence-electron chi connectivity index (χ2n) is 5.64. The Bertz CT molecular complexity index is 785. The number of hydrogen-bond acceptors (Lipinski definition) is 4. The zero-order chi connectivity index (χ0) is 15.5. The maximum atomic E-state index is 4.22. The quantitative estimate of drug-likeness (QED) is 0.767. The summed E-state index contributed by atoms with van der Waals surface area (Å²) in [6, 6.07) is 17.6. The molecule has 0 saturated carbocycles. The van der Waals surface area contributed by atoms with Crippen LogP contribution in [0.3, 0.4) is 0 Å². The molecule has 4 nitrogen and oxygen atoms in total. The van der Waals surface area contributed by atoms with Crippen LogP contribution in [0.1, 0.15) is 23.6 Å². The standard InChI is InChI=1S/C18H18N4S/c1-2-7-17-15(6-1)16(8-9-23-17)19-11-13-4-3-5-14(10-13)18-20-12-21-22-18/h1-7,10,12,16,19H,8-9,11H2,(H,20,21,22). The van der Waals surface area contributed by atoms with Crippen LogP contribution in [0.2, 0.25) is 0 Å². The van der Waals surface area contributed by atoms with E-state index in [-0.39, 0.29) is 0 Å². The summed E-state index contributed by atoms with van der Waals surface area (Å²) in [4.78, 5) is 5.63. The maximum Gasteiger partial charge on any atom is 0.155 e. The van der Waals surface area contributed by atoms with Crippen LogP contribution in [0, 0.1) is 0 Å². The van der Waals surface area contributed by atoms with Crippen molar-refractivity contribution in [3.63, 3.8) is 0 Å². The number of nitrogens with zero attached hydrogens (tertiary/aromatic N) is 2. The van der Waals surface area contributed by atoms with E-state index in [1.165, 1.54) is 34.5 Å². The normalized spacial score (nSPS) is 17.0. The summed E-state index contributed by atoms with van der Waals surface area (Å²) in [6.07, 6.45) is 2.71. The molecule has 0 saturated heterocycles. The lowest BCUT2D eigenvalue weighted by Crippen LogP contribution is -2.24. The van der Waals surface area contributed by atoms with Gasteiger partial charge in [-0.25, -0.2) is 4.98 Å². The molecule has 0 aliphatic carbocycles. The number of aromatic amines is 1. The highest BCUT2D eigenvalue weighted by Gasteiger charge is 2.19. The Hall–Kier alpha value is -2.11. The summed E-state index contributed by atoms with van der Waals surface area (Å²) in [7, 11) is 0. The van der Waals surface area contributed by atoms with E-state index in [2.05, 4.69) is 69.0 Å². The molecule has 0 radical (unpaired) electrons. The zero-order valence-corrected chi connectivity index (χ0v) is 13.5. The SMILES string of the molecule is c1cc(CNC2CCSc3ccccc32)cc(-c2ncn[nH]2)c1. The Morgan fingerprint density at radius 2 is 2.13 bits per heavy atom. The molecular weight excluding hydrogens is 304 g/mol. The first-order valence-corrected chi connectivity index (χ1v) is 8.78. The third kappa shape index (κ3) is 3.16. The van der Waals surface area contributed by atoms with Crippen molar-refractivity contribution in [1.82, 2.24) is 20.5 Å². The monoisotopic (exact) mass is 322 g/mol. The summed E-state index contributed by atoms with van der Waals surface area (Å²) >= 11 is 1.96. The third-order valence-corrected chi connectivity index (χ3v) is 5.25. The highest BCUT2D eigenvalue weighted by molar-refractivity contribution is 7.99. The molecule has 0 spiro atoms. The first kappa shape index (κ1) is 14.5. The van der Waals surface area contributed by atoms with Crippen molar-refractivity contribution < 1.29 is 0 Å². The van der Waals surface area contributed by atoms with Gasteiger partial charge in [-0.05, 0) is 35.4 Å². The van der Waals surface area contributed by atoms with Gasteiger partial charge in [0.25, 0.3) is 0 Å². The Morgan fingerprint density at radius 3 is 3.04 bits per heavy atom. The number of H-pyrrole nitrogens is 1. The molecule has 23 heavy (non-hydrogen) atoms. The summed E-state index contributed by atoms with van der Waals surface area (Å²) in [5.74, 6) is 1.98. The summed E-state index contributed by atoms with van der Waals surface area (Å²) in [6.45, 7) is 0.853. The Balaban J connectivity index is 1.49. The minimum atomic E-state index is 0.432. The van der Waals surface area contributed by atoms with Gasteiger partial charge in [0.2, 0.25) is 0 Å². The van der Waals surface area contributed by atoms with Gasteiger partial charge in [0.05, 0.1) is 0 Å². The van der Waals surface area contributed by atoms with Crippen molar-refractivity contribution in [2.45, 2.75) is 23.9 Å². The van der Waals surface area contributed by atoms with Gasteiger partial charge in [-0.2, -0.15) is 5.10 Å². The minimum absolute atomic E-state index is 0.432. The number of hydrogen-bond donors (Lipinski definition) is 2. The molecule has 1 aliphatic rings. The predicted molar refractivity (Wildman–Crippen MR) is 93.2 cm³/mol. The Labute approximate surface area is 139 Å². The predicted octanol–water partition coefficient (Wildman–Crippen LogP) is 3.80. The van der Waals surface area contributed by atoms with Gasteiger partial charge in [0.15, 0.2) is 5.82 Å². The van der Waals surface area contributed by atoms with Crippen molar-refractivity contribution in [3.8, 4) is 11.4 Å². The van der Waals surface area contributed by atoms with Crippen LogP contribution in [0.15, 0.2) is 59.8 Å². The molecule has 3 aromatic rings. The van der Waals surface area contributed by atoms with E-state index in [1.54, 1.807) is 0 Å². The van der Waals surface area contributed by atoms with Gasteiger partial charge in [-0.3, -0.25) is 5.10 Å². The van der Waals surface area contributed by atoms with Crippen LogP contribution in [0.5, 0.6) is 0 Å². The number of benzene rings is 2. The Morgan fingerprint density at radius 1 is 1.17 bits per heavy atom. The zero-order valence-electron chi connectivity index (χ0n) is 12.7. The molecule has 116 valence electrons. The smallest absolute Gasteiger partial charge is 0.155 e. The van der Waals surface area contributed by atoms with Gasteiger partial charge >= 0.3 is 0 Å². The van der Waals surface area contributed by atoms with E-state index < -0.39 is 0 Å². The summed E-state index contributed by atoms with van der Waals surface area (Å²) in [5.41, 5.74) is 3.76. The van der Waals surface area contributed by atoms with E-state index in [9.17, 15) is 0 Å². The largest absolute Gasteiger partial charge is 0.306 e. The summed E-state index contributed by atoms with van der Waals surface area (Å²) in [5, 5.41) is 10.5. The second-order valence-corrected chi connectivity index (χ2v) is 6.78. The number of aromatic nitrogens is 3. The molecule has 0 bridgehead atoms.